The first-order valence-electron chi connectivity index (χ1n) is 4.84. The van der Waals surface area contributed by atoms with E-state index >= 15 is 0 Å². The number of anilines is 2. The fourth-order valence-electron chi connectivity index (χ4n) is 1.31. The molecule has 90 valence electrons. The van der Waals surface area contributed by atoms with Gasteiger partial charge in [0, 0.05) is 6.07 Å². The van der Waals surface area contributed by atoms with E-state index in [2.05, 4.69) is 15.5 Å². The first kappa shape index (κ1) is 11.3. The molecule has 2 rings (SSSR count). The summed E-state index contributed by atoms with van der Waals surface area (Å²) < 4.78 is 30.9. The lowest BCUT2D eigenvalue weighted by Gasteiger charge is -2.07. The second kappa shape index (κ2) is 4.36. The topological polar surface area (TPSA) is 77.0 Å². The van der Waals surface area contributed by atoms with Gasteiger partial charge in [-0.1, -0.05) is 5.16 Å². The highest BCUT2D eigenvalue weighted by Crippen LogP contribution is 2.23. The van der Waals surface area contributed by atoms with Gasteiger partial charge in [0.25, 0.3) is 0 Å². The standard InChI is InChI=1S/C10H10F2N4O/c1-5-15-9(17-16-5)4-14-8-3-6(11)2-7(12)10(8)13/h2-3,14H,4,13H2,1H3. The van der Waals surface area contributed by atoms with Gasteiger partial charge in [0.1, 0.15) is 5.82 Å². The molecule has 1 aromatic heterocycles. The lowest BCUT2D eigenvalue weighted by molar-refractivity contribution is 0.379. The summed E-state index contributed by atoms with van der Waals surface area (Å²) >= 11 is 0. The maximum Gasteiger partial charge on any atom is 0.245 e. The van der Waals surface area contributed by atoms with Crippen molar-refractivity contribution in [3.05, 3.63) is 35.5 Å². The molecule has 7 heteroatoms. The van der Waals surface area contributed by atoms with Gasteiger partial charge in [-0.3, -0.25) is 0 Å². The van der Waals surface area contributed by atoms with E-state index < -0.39 is 11.6 Å². The van der Waals surface area contributed by atoms with E-state index in [1.807, 2.05) is 0 Å². The lowest BCUT2D eigenvalue weighted by atomic mass is 10.2. The molecule has 1 aromatic carbocycles. The van der Waals surface area contributed by atoms with Gasteiger partial charge < -0.3 is 15.6 Å². The largest absolute Gasteiger partial charge is 0.395 e. The number of nitrogens with zero attached hydrogens (tertiary/aromatic N) is 2. The van der Waals surface area contributed by atoms with Crippen LogP contribution in [0.5, 0.6) is 0 Å². The van der Waals surface area contributed by atoms with E-state index in [-0.39, 0.29) is 17.9 Å². The predicted molar refractivity (Wildman–Crippen MR) is 57.1 cm³/mol. The second-order valence-corrected chi connectivity index (χ2v) is 3.44. The Morgan fingerprint density at radius 2 is 2.18 bits per heavy atom. The zero-order valence-corrected chi connectivity index (χ0v) is 9.00. The van der Waals surface area contributed by atoms with Crippen molar-refractivity contribution < 1.29 is 13.3 Å². The van der Waals surface area contributed by atoms with Gasteiger partial charge in [-0.25, -0.2) is 8.78 Å². The molecule has 3 N–H and O–H groups in total. The van der Waals surface area contributed by atoms with E-state index in [0.29, 0.717) is 11.7 Å². The average molecular weight is 240 g/mol. The van der Waals surface area contributed by atoms with Crippen LogP contribution in [-0.4, -0.2) is 10.1 Å². The fourth-order valence-corrected chi connectivity index (χ4v) is 1.31. The van der Waals surface area contributed by atoms with E-state index in [4.69, 9.17) is 10.3 Å². The Bertz CT molecular complexity index is 541. The number of aromatic nitrogens is 2. The predicted octanol–water partition coefficient (Wildman–Crippen LogP) is 1.85. The summed E-state index contributed by atoms with van der Waals surface area (Å²) in [5, 5.41) is 6.30. The van der Waals surface area contributed by atoms with Gasteiger partial charge in [-0.2, -0.15) is 4.98 Å². The molecule has 0 atom stereocenters. The smallest absolute Gasteiger partial charge is 0.245 e. The first-order valence-corrected chi connectivity index (χ1v) is 4.84. The number of nitrogens with one attached hydrogen (secondary N) is 1. The summed E-state index contributed by atoms with van der Waals surface area (Å²) in [7, 11) is 0. The molecule has 0 bridgehead atoms. The highest BCUT2D eigenvalue weighted by molar-refractivity contribution is 5.66. The number of benzene rings is 1. The van der Waals surface area contributed by atoms with Crippen molar-refractivity contribution in [1.29, 1.82) is 0 Å². The zero-order valence-electron chi connectivity index (χ0n) is 9.00. The van der Waals surface area contributed by atoms with Crippen LogP contribution in [0.1, 0.15) is 11.7 Å². The number of aryl methyl sites for hydroxylation is 1. The molecule has 0 saturated carbocycles. The molecular weight excluding hydrogens is 230 g/mol. The van der Waals surface area contributed by atoms with Crippen molar-refractivity contribution in [3.8, 4) is 0 Å². The highest BCUT2D eigenvalue weighted by atomic mass is 19.1. The van der Waals surface area contributed by atoms with Crippen molar-refractivity contribution in [2.75, 3.05) is 11.1 Å². The van der Waals surface area contributed by atoms with E-state index in [1.54, 1.807) is 6.92 Å². The zero-order chi connectivity index (χ0) is 12.4. The molecule has 0 radical (unpaired) electrons. The Labute approximate surface area is 95.6 Å². The van der Waals surface area contributed by atoms with E-state index in [9.17, 15) is 8.78 Å². The molecule has 17 heavy (non-hydrogen) atoms. The van der Waals surface area contributed by atoms with Gasteiger partial charge in [-0.05, 0) is 13.0 Å². The lowest BCUT2D eigenvalue weighted by Crippen LogP contribution is -2.05. The summed E-state index contributed by atoms with van der Waals surface area (Å²) in [5.74, 6) is -0.720. The monoisotopic (exact) mass is 240 g/mol. The Kier molecular flexibility index (Phi) is 2.90. The minimum Gasteiger partial charge on any atom is -0.395 e. The number of hydrogen-bond acceptors (Lipinski definition) is 5. The van der Waals surface area contributed by atoms with Crippen LogP contribution >= 0.6 is 0 Å². The molecule has 0 aliphatic heterocycles. The Balaban J connectivity index is 2.14. The quantitative estimate of drug-likeness (QED) is 0.800. The van der Waals surface area contributed by atoms with Crippen molar-refractivity contribution in [2.45, 2.75) is 13.5 Å². The van der Waals surface area contributed by atoms with Gasteiger partial charge in [-0.15, -0.1) is 0 Å². The molecular formula is C10H10F2N4O. The molecule has 0 aliphatic carbocycles. The van der Waals surface area contributed by atoms with Crippen LogP contribution < -0.4 is 11.1 Å². The number of nitrogen functional groups attached to an aromatic ring is 1. The van der Waals surface area contributed by atoms with Crippen LogP contribution in [0, 0.1) is 18.6 Å². The van der Waals surface area contributed by atoms with Crippen molar-refractivity contribution in [1.82, 2.24) is 10.1 Å². The van der Waals surface area contributed by atoms with Crippen LogP contribution in [0.3, 0.4) is 0 Å². The average Bonchev–Trinajstić information content (AvgIpc) is 2.67. The van der Waals surface area contributed by atoms with Crippen LogP contribution in [-0.2, 0) is 6.54 Å². The molecule has 0 spiro atoms. The van der Waals surface area contributed by atoms with E-state index in [0.717, 1.165) is 12.1 Å². The van der Waals surface area contributed by atoms with Crippen LogP contribution in [0.4, 0.5) is 20.2 Å². The van der Waals surface area contributed by atoms with Crippen LogP contribution in [0.15, 0.2) is 16.7 Å². The Hall–Kier alpha value is -2.18. The Morgan fingerprint density at radius 3 is 2.82 bits per heavy atom. The third-order valence-electron chi connectivity index (χ3n) is 2.09. The van der Waals surface area contributed by atoms with Gasteiger partial charge >= 0.3 is 0 Å². The molecule has 5 nitrogen and oxygen atoms in total. The summed E-state index contributed by atoms with van der Waals surface area (Å²) in [6.45, 7) is 1.82. The van der Waals surface area contributed by atoms with E-state index in [1.165, 1.54) is 0 Å². The third-order valence-corrected chi connectivity index (χ3v) is 2.09. The molecule has 2 aromatic rings. The van der Waals surface area contributed by atoms with Crippen molar-refractivity contribution >= 4 is 11.4 Å². The highest BCUT2D eigenvalue weighted by Gasteiger charge is 2.09. The SMILES string of the molecule is Cc1noc(CNc2cc(F)cc(F)c2N)n1. The summed E-state index contributed by atoms with van der Waals surface area (Å²) in [4.78, 5) is 3.93. The van der Waals surface area contributed by atoms with Gasteiger partial charge in [0.15, 0.2) is 11.6 Å². The normalized spacial score (nSPS) is 10.5. The molecule has 0 amide bonds. The summed E-state index contributed by atoms with van der Waals surface area (Å²) in [6.07, 6.45) is 0. The maximum atomic E-state index is 13.1. The number of nitrogens with two attached hydrogens (primary N) is 1. The molecule has 0 unspecified atom stereocenters. The summed E-state index contributed by atoms with van der Waals surface area (Å²) in [6, 6.07) is 1.82. The minimum atomic E-state index is -0.811. The number of halogens is 2. The molecule has 0 aliphatic rings. The molecule has 0 saturated heterocycles. The van der Waals surface area contributed by atoms with Crippen molar-refractivity contribution in [2.24, 2.45) is 0 Å². The second-order valence-electron chi connectivity index (χ2n) is 3.44. The number of rotatable bonds is 3. The molecule has 1 heterocycles. The maximum absolute atomic E-state index is 13.1. The van der Waals surface area contributed by atoms with Gasteiger partial charge in [0.05, 0.1) is 17.9 Å². The third kappa shape index (κ3) is 2.49. The first-order chi connectivity index (χ1) is 8.06. The fraction of sp³-hybridized carbons (Fsp3) is 0.200. The number of hydrogen-bond donors (Lipinski definition) is 2. The Morgan fingerprint density at radius 1 is 1.41 bits per heavy atom. The molecule has 0 fully saturated rings. The van der Waals surface area contributed by atoms with Crippen LogP contribution in [0.25, 0.3) is 0 Å². The van der Waals surface area contributed by atoms with Crippen LogP contribution in [0.2, 0.25) is 0 Å². The van der Waals surface area contributed by atoms with Crippen molar-refractivity contribution in [3.63, 3.8) is 0 Å². The van der Waals surface area contributed by atoms with Gasteiger partial charge in [0.2, 0.25) is 5.89 Å². The minimum absolute atomic E-state index is 0.147. The summed E-state index contributed by atoms with van der Waals surface area (Å²) in [5.41, 5.74) is 5.45.